The van der Waals surface area contributed by atoms with Crippen LogP contribution in [-0.4, -0.2) is 69.3 Å². The van der Waals surface area contributed by atoms with Gasteiger partial charge in [-0.3, -0.25) is 20.7 Å². The van der Waals surface area contributed by atoms with Gasteiger partial charge in [-0.25, -0.2) is 13.2 Å². The Morgan fingerprint density at radius 2 is 2.03 bits per heavy atom. The van der Waals surface area contributed by atoms with Crippen molar-refractivity contribution < 1.29 is 32.4 Å². The zero-order valence-electron chi connectivity index (χ0n) is 16.9. The van der Waals surface area contributed by atoms with Gasteiger partial charge in [-0.15, -0.1) is 0 Å². The second-order valence-electron chi connectivity index (χ2n) is 6.84. The number of carboxylic acids is 1. The van der Waals surface area contributed by atoms with Gasteiger partial charge in [0.15, 0.2) is 0 Å². The molecule has 1 aromatic carbocycles. The highest BCUT2D eigenvalue weighted by atomic mass is 32.2. The van der Waals surface area contributed by atoms with Crippen molar-refractivity contribution in [2.45, 2.75) is 23.3 Å². The number of carbonyl (C=O) groups is 2. The summed E-state index contributed by atoms with van der Waals surface area (Å²) < 4.78 is 38.0. The number of nitrogens with one attached hydrogen (secondary N) is 5. The first-order chi connectivity index (χ1) is 15.3. The van der Waals surface area contributed by atoms with E-state index in [4.69, 9.17) is 9.26 Å². The molecule has 13 nitrogen and oxygen atoms in total. The lowest BCUT2D eigenvalue weighted by Crippen LogP contribution is -2.65. The molecule has 174 valence electrons. The molecule has 14 heteroatoms. The van der Waals surface area contributed by atoms with E-state index in [9.17, 15) is 23.1 Å². The fourth-order valence-electron chi connectivity index (χ4n) is 3.00. The molecule has 2 aromatic rings. The summed E-state index contributed by atoms with van der Waals surface area (Å²) in [7, 11) is -4.29. The van der Waals surface area contributed by atoms with Crippen LogP contribution < -0.4 is 30.7 Å². The molecule has 1 amide bonds. The topological polar surface area (TPSA) is 184 Å². The molecule has 3 rings (SSSR count). The number of aliphatic carboxylic acids is 1. The van der Waals surface area contributed by atoms with Crippen molar-refractivity contribution in [1.29, 1.82) is 0 Å². The Labute approximate surface area is 183 Å². The van der Waals surface area contributed by atoms with Crippen molar-refractivity contribution >= 4 is 22.4 Å². The zero-order valence-corrected chi connectivity index (χ0v) is 17.7. The maximum absolute atomic E-state index is 12.7. The van der Waals surface area contributed by atoms with Crippen molar-refractivity contribution in [2.24, 2.45) is 0 Å². The normalized spacial score (nSPS) is 16.4. The second kappa shape index (κ2) is 10.5. The number of aromatic nitrogens is 1. The lowest BCUT2D eigenvalue weighted by atomic mass is 10.1. The Balaban J connectivity index is 1.67. The molecule has 2 heterocycles. The molecule has 1 aliphatic heterocycles. The lowest BCUT2D eigenvalue weighted by molar-refractivity contribution is -0.147. The van der Waals surface area contributed by atoms with Crippen molar-refractivity contribution in [2.75, 3.05) is 26.2 Å². The maximum atomic E-state index is 12.7. The molecule has 0 spiro atoms. The van der Waals surface area contributed by atoms with Crippen LogP contribution in [-0.2, 0) is 26.0 Å². The monoisotopic (exact) mass is 468 g/mol. The summed E-state index contributed by atoms with van der Waals surface area (Å²) in [5.74, 6) is -1.56. The van der Waals surface area contributed by atoms with Gasteiger partial charge in [0.25, 0.3) is 5.88 Å². The predicted octanol–water partition coefficient (Wildman–Crippen LogP) is -1.83. The third-order valence-electron chi connectivity index (χ3n) is 4.53. The van der Waals surface area contributed by atoms with E-state index < -0.39 is 28.1 Å². The molecule has 0 bridgehead atoms. The van der Waals surface area contributed by atoms with E-state index in [-0.39, 0.29) is 35.8 Å². The summed E-state index contributed by atoms with van der Waals surface area (Å²) in [6.07, 6.45) is -0.473. The van der Waals surface area contributed by atoms with Crippen molar-refractivity contribution in [1.82, 2.24) is 31.1 Å². The third kappa shape index (κ3) is 6.02. The number of benzene rings is 1. The highest BCUT2D eigenvalue weighted by Gasteiger charge is 2.44. The smallest absolute Gasteiger partial charge is 0.346 e. The fraction of sp³-hybridized carbons (Fsp3) is 0.389. The van der Waals surface area contributed by atoms with Gasteiger partial charge < -0.3 is 19.7 Å². The van der Waals surface area contributed by atoms with Crippen molar-refractivity contribution in [3.05, 3.63) is 42.2 Å². The molecule has 1 aromatic heterocycles. The van der Waals surface area contributed by atoms with Crippen LogP contribution in [0.2, 0.25) is 0 Å². The summed E-state index contributed by atoms with van der Waals surface area (Å²) in [4.78, 5) is 23.0. The maximum Gasteiger partial charge on any atom is 0.346 e. The van der Waals surface area contributed by atoms with Crippen LogP contribution in [0.15, 0.2) is 45.8 Å². The second-order valence-corrected chi connectivity index (χ2v) is 8.53. The van der Waals surface area contributed by atoms with E-state index in [0.29, 0.717) is 6.54 Å². The highest BCUT2D eigenvalue weighted by Crippen LogP contribution is 2.19. The van der Waals surface area contributed by atoms with Crippen LogP contribution in [0.5, 0.6) is 5.88 Å². The largest absolute Gasteiger partial charge is 0.478 e. The number of nitrogens with zero attached hydrogens (tertiary/aromatic N) is 1. The summed E-state index contributed by atoms with van der Waals surface area (Å²) in [5, 5.41) is 25.0. The molecular weight excluding hydrogens is 444 g/mol. The van der Waals surface area contributed by atoms with Crippen molar-refractivity contribution in [3.63, 3.8) is 0 Å². The average molecular weight is 468 g/mol. The van der Waals surface area contributed by atoms with Gasteiger partial charge >= 0.3 is 5.97 Å². The molecule has 0 aliphatic carbocycles. The standard InChI is InChI=1S/C18H24N6O7S/c25-12-22-18(16(26)27,24-32(28,29)14-4-2-1-3-5-14)11-13-10-15(23-31-13)30-9-8-21-17-19-6-7-20-17/h1-5,10,12,17,19-21,24H,6-9,11H2,(H,22,25)(H,26,27). The molecule has 1 atom stereocenters. The quantitative estimate of drug-likeness (QED) is 0.110. The Kier molecular flexibility index (Phi) is 7.76. The molecule has 1 aliphatic rings. The van der Waals surface area contributed by atoms with Gasteiger partial charge in [0.1, 0.15) is 18.7 Å². The number of sulfonamides is 1. The number of carbonyl (C=O) groups excluding carboxylic acids is 1. The van der Waals surface area contributed by atoms with E-state index in [1.165, 1.54) is 30.3 Å². The van der Waals surface area contributed by atoms with Crippen LogP contribution in [0.4, 0.5) is 0 Å². The summed E-state index contributed by atoms with van der Waals surface area (Å²) in [5.41, 5.74) is -2.41. The molecule has 6 N–H and O–H groups in total. The van der Waals surface area contributed by atoms with E-state index in [0.717, 1.165) is 13.1 Å². The van der Waals surface area contributed by atoms with Gasteiger partial charge in [-0.1, -0.05) is 18.2 Å². The third-order valence-corrected chi connectivity index (χ3v) is 6.04. The van der Waals surface area contributed by atoms with E-state index in [2.05, 4.69) is 21.1 Å². The van der Waals surface area contributed by atoms with Gasteiger partial charge in [0, 0.05) is 25.7 Å². The molecular formula is C18H24N6O7S. The number of amides is 1. The van der Waals surface area contributed by atoms with Crippen molar-refractivity contribution in [3.8, 4) is 5.88 Å². The van der Waals surface area contributed by atoms with E-state index in [1.807, 2.05) is 10.0 Å². The molecule has 1 fully saturated rings. The Bertz CT molecular complexity index is 1010. The van der Waals surface area contributed by atoms with Crippen LogP contribution in [0.1, 0.15) is 5.76 Å². The van der Waals surface area contributed by atoms with Gasteiger partial charge in [-0.05, 0) is 17.3 Å². The Morgan fingerprint density at radius 3 is 2.69 bits per heavy atom. The first-order valence-electron chi connectivity index (χ1n) is 9.67. The van der Waals surface area contributed by atoms with E-state index >= 15 is 0 Å². The first-order valence-corrected chi connectivity index (χ1v) is 11.2. The van der Waals surface area contributed by atoms with Crippen LogP contribution >= 0.6 is 0 Å². The zero-order chi connectivity index (χ0) is 23.0. The average Bonchev–Trinajstić information content (AvgIpc) is 3.44. The number of hydrogen-bond donors (Lipinski definition) is 6. The molecule has 1 saturated heterocycles. The molecule has 0 saturated carbocycles. The lowest BCUT2D eigenvalue weighted by Gasteiger charge is -2.28. The van der Waals surface area contributed by atoms with Gasteiger partial charge in [-0.2, -0.15) is 4.72 Å². The predicted molar refractivity (Wildman–Crippen MR) is 110 cm³/mol. The summed E-state index contributed by atoms with van der Waals surface area (Å²) in [6, 6.07) is 8.49. The van der Waals surface area contributed by atoms with E-state index in [1.54, 1.807) is 6.07 Å². The van der Waals surface area contributed by atoms with Crippen LogP contribution in [0, 0.1) is 0 Å². The molecule has 0 radical (unpaired) electrons. The first kappa shape index (κ1) is 23.6. The highest BCUT2D eigenvalue weighted by molar-refractivity contribution is 7.89. The minimum Gasteiger partial charge on any atom is -0.478 e. The van der Waals surface area contributed by atoms with Crippen LogP contribution in [0.3, 0.4) is 0 Å². The minimum atomic E-state index is -4.29. The Hall–Kier alpha value is -3.04. The SMILES string of the molecule is O=CNC(Cc1cc(OCCNC2NCCN2)no1)(NS(=O)(=O)c1ccccc1)C(=O)O. The number of rotatable bonds is 13. The van der Waals surface area contributed by atoms with Crippen LogP contribution in [0.25, 0.3) is 0 Å². The number of ether oxygens (including phenoxy) is 1. The number of hydrogen-bond acceptors (Lipinski definition) is 10. The summed E-state index contributed by atoms with van der Waals surface area (Å²) >= 11 is 0. The fourth-order valence-corrected chi connectivity index (χ4v) is 4.31. The summed E-state index contributed by atoms with van der Waals surface area (Å²) in [6.45, 7) is 2.47. The Morgan fingerprint density at radius 1 is 1.31 bits per heavy atom. The van der Waals surface area contributed by atoms with Gasteiger partial charge in [0.05, 0.1) is 11.3 Å². The minimum absolute atomic E-state index is 0.00490. The molecule has 32 heavy (non-hydrogen) atoms. The van der Waals surface area contributed by atoms with Gasteiger partial charge in [0.2, 0.25) is 22.1 Å². The number of carboxylic acid groups (broad SMARTS) is 1. The molecule has 1 unspecified atom stereocenters.